The molecule has 21 heavy (non-hydrogen) atoms. The van der Waals surface area contributed by atoms with E-state index in [1.165, 1.54) is 0 Å². The average Bonchev–Trinajstić information content (AvgIpc) is 3.02. The van der Waals surface area contributed by atoms with Gasteiger partial charge in [0.25, 0.3) is 5.91 Å². The van der Waals surface area contributed by atoms with Crippen LogP contribution in [0.2, 0.25) is 0 Å². The van der Waals surface area contributed by atoms with Crippen LogP contribution in [0.3, 0.4) is 0 Å². The monoisotopic (exact) mass is 293 g/mol. The summed E-state index contributed by atoms with van der Waals surface area (Å²) in [6, 6.07) is 0. The molecule has 0 spiro atoms. The van der Waals surface area contributed by atoms with Crippen LogP contribution in [0.4, 0.5) is 0 Å². The number of hydrogen-bond acceptors (Lipinski definition) is 5. The lowest BCUT2D eigenvalue weighted by Gasteiger charge is -2.08. The lowest BCUT2D eigenvalue weighted by Crippen LogP contribution is -2.28. The second-order valence-corrected chi connectivity index (χ2v) is 4.98. The molecule has 2 aromatic heterocycles. The molecule has 2 heterocycles. The highest BCUT2D eigenvalue weighted by molar-refractivity contribution is 5.95. The normalized spacial score (nSPS) is 12.3. The van der Waals surface area contributed by atoms with Crippen molar-refractivity contribution >= 4 is 5.91 Å². The van der Waals surface area contributed by atoms with Gasteiger partial charge in [-0.1, -0.05) is 19.0 Å². The zero-order chi connectivity index (χ0) is 15.4. The van der Waals surface area contributed by atoms with Gasteiger partial charge in [-0.15, -0.1) is 0 Å². The number of nitrogens with zero attached hydrogens (tertiary/aromatic N) is 3. The molecule has 1 atom stereocenters. The van der Waals surface area contributed by atoms with Crippen molar-refractivity contribution < 1.29 is 9.32 Å². The fourth-order valence-corrected chi connectivity index (χ4v) is 1.98. The highest BCUT2D eigenvalue weighted by Gasteiger charge is 2.16. The van der Waals surface area contributed by atoms with Crippen molar-refractivity contribution in [2.45, 2.75) is 39.7 Å². The Balaban J connectivity index is 1.96. The van der Waals surface area contributed by atoms with E-state index in [2.05, 4.69) is 32.0 Å². The first-order chi connectivity index (χ1) is 10.0. The predicted octanol–water partition coefficient (Wildman–Crippen LogP) is 0.811. The second-order valence-electron chi connectivity index (χ2n) is 4.98. The fourth-order valence-electron chi connectivity index (χ4n) is 1.98. The first-order valence-electron chi connectivity index (χ1n) is 6.89. The van der Waals surface area contributed by atoms with Gasteiger partial charge < -0.3 is 5.32 Å². The molecule has 0 aliphatic carbocycles. The van der Waals surface area contributed by atoms with Crippen molar-refractivity contribution in [3.8, 4) is 0 Å². The topological polar surface area (TPSA) is 106 Å². The van der Waals surface area contributed by atoms with Crippen LogP contribution in [0.25, 0.3) is 0 Å². The Morgan fingerprint density at radius 2 is 2.33 bits per heavy atom. The lowest BCUT2D eigenvalue weighted by atomic mass is 10.1. The Hall–Kier alpha value is -2.38. The van der Waals surface area contributed by atoms with Crippen LogP contribution in [0.15, 0.2) is 15.5 Å². The molecule has 0 saturated heterocycles. The first-order valence-corrected chi connectivity index (χ1v) is 6.89. The molecule has 2 N–H and O–H groups in total. The molecule has 114 valence electrons. The summed E-state index contributed by atoms with van der Waals surface area (Å²) in [6.07, 6.45) is 2.70. The summed E-state index contributed by atoms with van der Waals surface area (Å²) in [5.74, 6) is -0.516. The summed E-state index contributed by atoms with van der Waals surface area (Å²) < 4.78 is 6.21. The van der Waals surface area contributed by atoms with E-state index < -0.39 is 5.76 Å². The number of amides is 1. The van der Waals surface area contributed by atoms with Crippen molar-refractivity contribution in [1.82, 2.24) is 25.2 Å². The third-order valence-electron chi connectivity index (χ3n) is 3.14. The number of hydrogen-bond donors (Lipinski definition) is 2. The summed E-state index contributed by atoms with van der Waals surface area (Å²) in [7, 11) is 0. The molecule has 8 nitrogen and oxygen atoms in total. The maximum atomic E-state index is 12.1. The first kappa shape index (κ1) is 15.0. The number of aromatic amines is 1. The van der Waals surface area contributed by atoms with E-state index in [9.17, 15) is 9.59 Å². The number of carbonyl (C=O) groups is 1. The number of carbonyl (C=O) groups excluding carboxylic acids is 1. The summed E-state index contributed by atoms with van der Waals surface area (Å²) >= 11 is 0. The molecule has 0 aliphatic rings. The van der Waals surface area contributed by atoms with Crippen LogP contribution < -0.4 is 11.1 Å². The Kier molecular flexibility index (Phi) is 4.56. The standard InChI is InChI=1S/C13H19N5O3/c1-4-5-18-7-10(9(3)16-18)12(19)14-6-8(2)11-15-13(20)21-17-11/h7-8H,4-6H2,1-3H3,(H,14,19)(H,15,17,20). The van der Waals surface area contributed by atoms with Crippen molar-refractivity contribution in [2.24, 2.45) is 0 Å². The van der Waals surface area contributed by atoms with Crippen LogP contribution >= 0.6 is 0 Å². The van der Waals surface area contributed by atoms with Gasteiger partial charge in [0.05, 0.1) is 11.3 Å². The van der Waals surface area contributed by atoms with Crippen LogP contribution in [0.1, 0.15) is 48.1 Å². The van der Waals surface area contributed by atoms with Gasteiger partial charge in [-0.3, -0.25) is 19.0 Å². The fraction of sp³-hybridized carbons (Fsp3) is 0.538. The van der Waals surface area contributed by atoms with E-state index in [0.717, 1.165) is 13.0 Å². The largest absolute Gasteiger partial charge is 0.438 e. The van der Waals surface area contributed by atoms with E-state index in [1.807, 2.05) is 6.92 Å². The molecule has 1 unspecified atom stereocenters. The molecular formula is C13H19N5O3. The van der Waals surface area contributed by atoms with Crippen molar-refractivity contribution in [2.75, 3.05) is 6.54 Å². The molecule has 8 heteroatoms. The summed E-state index contributed by atoms with van der Waals surface area (Å²) in [4.78, 5) is 25.5. The number of H-pyrrole nitrogens is 1. The summed E-state index contributed by atoms with van der Waals surface area (Å²) in [6.45, 7) is 6.82. The Labute approximate surface area is 121 Å². The van der Waals surface area contributed by atoms with Gasteiger partial charge in [0.15, 0.2) is 5.82 Å². The zero-order valence-electron chi connectivity index (χ0n) is 12.3. The van der Waals surface area contributed by atoms with Crippen LogP contribution in [-0.2, 0) is 6.54 Å². The van der Waals surface area contributed by atoms with Crippen LogP contribution in [-0.4, -0.2) is 32.4 Å². The number of aryl methyl sites for hydroxylation is 2. The lowest BCUT2D eigenvalue weighted by molar-refractivity contribution is 0.0950. The predicted molar refractivity (Wildman–Crippen MR) is 75.1 cm³/mol. The van der Waals surface area contributed by atoms with E-state index in [4.69, 9.17) is 0 Å². The third-order valence-corrected chi connectivity index (χ3v) is 3.14. The minimum atomic E-state index is -0.597. The average molecular weight is 293 g/mol. The number of nitrogens with one attached hydrogen (secondary N) is 2. The molecule has 0 radical (unpaired) electrons. The van der Waals surface area contributed by atoms with E-state index in [1.54, 1.807) is 17.8 Å². The van der Waals surface area contributed by atoms with E-state index in [0.29, 0.717) is 23.6 Å². The van der Waals surface area contributed by atoms with E-state index >= 15 is 0 Å². The maximum absolute atomic E-state index is 12.1. The van der Waals surface area contributed by atoms with Gasteiger partial charge in [-0.05, 0) is 13.3 Å². The van der Waals surface area contributed by atoms with Gasteiger partial charge in [0.1, 0.15) is 0 Å². The Morgan fingerprint density at radius 1 is 1.57 bits per heavy atom. The van der Waals surface area contributed by atoms with E-state index in [-0.39, 0.29) is 11.8 Å². The van der Waals surface area contributed by atoms with Crippen LogP contribution in [0.5, 0.6) is 0 Å². The zero-order valence-corrected chi connectivity index (χ0v) is 12.3. The van der Waals surface area contributed by atoms with Gasteiger partial charge >= 0.3 is 5.76 Å². The molecular weight excluding hydrogens is 274 g/mol. The quantitative estimate of drug-likeness (QED) is 0.820. The maximum Gasteiger partial charge on any atom is 0.438 e. The Bertz CT molecular complexity index is 669. The smallest absolute Gasteiger partial charge is 0.351 e. The number of rotatable bonds is 6. The highest BCUT2D eigenvalue weighted by Crippen LogP contribution is 2.09. The van der Waals surface area contributed by atoms with Crippen molar-refractivity contribution in [3.63, 3.8) is 0 Å². The summed E-state index contributed by atoms with van der Waals surface area (Å²) in [5, 5.41) is 10.7. The molecule has 0 aliphatic heterocycles. The second kappa shape index (κ2) is 6.38. The van der Waals surface area contributed by atoms with Crippen molar-refractivity contribution in [1.29, 1.82) is 0 Å². The van der Waals surface area contributed by atoms with Crippen LogP contribution in [0, 0.1) is 6.92 Å². The highest BCUT2D eigenvalue weighted by atomic mass is 16.5. The van der Waals surface area contributed by atoms with Gasteiger partial charge in [0, 0.05) is 25.2 Å². The van der Waals surface area contributed by atoms with Gasteiger partial charge in [0.2, 0.25) is 0 Å². The third kappa shape index (κ3) is 3.59. The molecule has 0 bridgehead atoms. The minimum absolute atomic E-state index is 0.147. The molecule has 0 fully saturated rings. The van der Waals surface area contributed by atoms with Gasteiger partial charge in [-0.2, -0.15) is 5.10 Å². The van der Waals surface area contributed by atoms with Crippen molar-refractivity contribution in [3.05, 3.63) is 33.8 Å². The summed E-state index contributed by atoms with van der Waals surface area (Å²) in [5.41, 5.74) is 1.26. The number of aromatic nitrogens is 4. The SMILES string of the molecule is CCCn1cc(C(=O)NCC(C)c2noc(=O)[nH]2)c(C)n1. The van der Waals surface area contributed by atoms with Gasteiger partial charge in [-0.25, -0.2) is 4.79 Å². The molecule has 0 saturated carbocycles. The Morgan fingerprint density at radius 3 is 2.95 bits per heavy atom. The minimum Gasteiger partial charge on any atom is -0.351 e. The molecule has 2 rings (SSSR count). The molecule has 0 aromatic carbocycles. The molecule has 2 aromatic rings. The molecule has 1 amide bonds.